The maximum Gasteiger partial charge on any atom is 0.304 e. The molecule has 5 heteroatoms. The Hall–Kier alpha value is -1.36. The molecule has 1 unspecified atom stereocenters. The van der Waals surface area contributed by atoms with Crippen molar-refractivity contribution in [2.24, 2.45) is 10.2 Å². The van der Waals surface area contributed by atoms with Gasteiger partial charge in [0.2, 0.25) is 6.23 Å². The van der Waals surface area contributed by atoms with Crippen LogP contribution in [0.3, 0.4) is 0 Å². The first-order valence-corrected chi connectivity index (χ1v) is 4.03. The molecule has 0 amide bonds. The summed E-state index contributed by atoms with van der Waals surface area (Å²) < 4.78 is 17.6. The van der Waals surface area contributed by atoms with Gasteiger partial charge in [-0.2, -0.15) is 0 Å². The third kappa shape index (κ3) is 1.70. The van der Waals surface area contributed by atoms with E-state index in [4.69, 9.17) is 4.74 Å². The van der Waals surface area contributed by atoms with E-state index in [1.165, 1.54) is 12.1 Å². The second-order valence-corrected chi connectivity index (χ2v) is 2.85. The predicted octanol–water partition coefficient (Wildman–Crippen LogP) is 2.59. The fraction of sp³-hybridized carbons (Fsp3) is 0.125. The highest BCUT2D eigenvalue weighted by Gasteiger charge is 2.18. The van der Waals surface area contributed by atoms with Crippen LogP contribution >= 0.6 is 12.2 Å². The van der Waals surface area contributed by atoms with Crippen LogP contribution in [0.25, 0.3) is 0 Å². The minimum Gasteiger partial charge on any atom is -0.436 e. The fourth-order valence-electron chi connectivity index (χ4n) is 1.00. The van der Waals surface area contributed by atoms with Crippen molar-refractivity contribution in [3.8, 4) is 0 Å². The molecule has 0 spiro atoms. The molecule has 0 fully saturated rings. The van der Waals surface area contributed by atoms with Gasteiger partial charge in [-0.05, 0) is 24.4 Å². The molecule has 0 aromatic heterocycles. The Morgan fingerprint density at radius 2 is 2.00 bits per heavy atom. The third-order valence-corrected chi connectivity index (χ3v) is 1.79. The third-order valence-electron chi connectivity index (χ3n) is 1.61. The predicted molar refractivity (Wildman–Crippen MR) is 47.7 cm³/mol. The molecule has 0 aliphatic carbocycles. The lowest BCUT2D eigenvalue weighted by Gasteiger charge is -2.05. The van der Waals surface area contributed by atoms with Gasteiger partial charge in [-0.15, -0.1) is 10.2 Å². The molecule has 1 aliphatic heterocycles. The Labute approximate surface area is 79.2 Å². The first-order chi connectivity index (χ1) is 6.25. The van der Waals surface area contributed by atoms with Gasteiger partial charge in [-0.3, -0.25) is 0 Å². The van der Waals surface area contributed by atoms with E-state index in [0.29, 0.717) is 0 Å². The van der Waals surface area contributed by atoms with E-state index in [1.54, 1.807) is 12.1 Å². The molecule has 1 atom stereocenters. The number of azo groups is 1. The number of halogens is 1. The number of nitrogens with zero attached hydrogens (tertiary/aromatic N) is 2. The zero-order chi connectivity index (χ0) is 9.26. The number of rotatable bonds is 1. The van der Waals surface area contributed by atoms with Gasteiger partial charge in [0.25, 0.3) is 0 Å². The van der Waals surface area contributed by atoms with Gasteiger partial charge in [-0.1, -0.05) is 12.1 Å². The van der Waals surface area contributed by atoms with Gasteiger partial charge >= 0.3 is 5.17 Å². The quantitative estimate of drug-likeness (QED) is 0.647. The van der Waals surface area contributed by atoms with E-state index >= 15 is 0 Å². The van der Waals surface area contributed by atoms with E-state index in [9.17, 15) is 4.39 Å². The minimum absolute atomic E-state index is 0.120. The van der Waals surface area contributed by atoms with Gasteiger partial charge < -0.3 is 4.74 Å². The molecular formula is C8H5FN2OS. The summed E-state index contributed by atoms with van der Waals surface area (Å²) in [5.41, 5.74) is 0.741. The molecule has 1 aliphatic rings. The summed E-state index contributed by atoms with van der Waals surface area (Å²) in [5, 5.41) is 7.43. The van der Waals surface area contributed by atoms with Gasteiger partial charge in [0, 0.05) is 5.56 Å². The van der Waals surface area contributed by atoms with Crippen molar-refractivity contribution in [2.75, 3.05) is 0 Å². The van der Waals surface area contributed by atoms with Crippen molar-refractivity contribution in [1.29, 1.82) is 0 Å². The molecule has 1 aromatic carbocycles. The van der Waals surface area contributed by atoms with Crippen LogP contribution in [0.15, 0.2) is 34.5 Å². The maximum absolute atomic E-state index is 12.5. The van der Waals surface area contributed by atoms with Crippen molar-refractivity contribution < 1.29 is 9.13 Å². The molecule has 0 N–H and O–H groups in total. The second kappa shape index (κ2) is 3.18. The number of benzene rings is 1. The van der Waals surface area contributed by atoms with Crippen molar-refractivity contribution in [3.05, 3.63) is 35.6 Å². The summed E-state index contributed by atoms with van der Waals surface area (Å²) >= 11 is 4.67. The highest BCUT2D eigenvalue weighted by Crippen LogP contribution is 2.24. The van der Waals surface area contributed by atoms with Crippen LogP contribution < -0.4 is 0 Å². The van der Waals surface area contributed by atoms with Crippen LogP contribution in [0.4, 0.5) is 4.39 Å². The van der Waals surface area contributed by atoms with Crippen LogP contribution in [0.5, 0.6) is 0 Å². The summed E-state index contributed by atoms with van der Waals surface area (Å²) in [6.45, 7) is 0. The zero-order valence-electron chi connectivity index (χ0n) is 6.48. The molecule has 0 saturated carbocycles. The summed E-state index contributed by atoms with van der Waals surface area (Å²) in [4.78, 5) is 0. The van der Waals surface area contributed by atoms with Crippen molar-refractivity contribution in [2.45, 2.75) is 6.23 Å². The lowest BCUT2D eigenvalue weighted by molar-refractivity contribution is 0.227. The standard InChI is InChI=1S/C8H5FN2OS/c9-6-3-1-5(2-4-6)7-10-11-8(13)12-7/h1-4,7H. The highest BCUT2D eigenvalue weighted by atomic mass is 32.1. The molecule has 0 radical (unpaired) electrons. The SMILES string of the molecule is Fc1ccc(C2N=NC(=S)O2)cc1. The summed E-state index contributed by atoms with van der Waals surface area (Å²) in [7, 11) is 0. The van der Waals surface area contributed by atoms with Gasteiger partial charge in [-0.25, -0.2) is 4.39 Å². The van der Waals surface area contributed by atoms with Gasteiger partial charge in [0.05, 0.1) is 0 Å². The highest BCUT2D eigenvalue weighted by molar-refractivity contribution is 7.80. The van der Waals surface area contributed by atoms with Gasteiger partial charge in [0.1, 0.15) is 5.82 Å². The summed E-state index contributed by atoms with van der Waals surface area (Å²) in [6.07, 6.45) is -0.506. The molecule has 0 bridgehead atoms. The first-order valence-electron chi connectivity index (χ1n) is 3.62. The Balaban J connectivity index is 2.22. The molecule has 66 valence electrons. The van der Waals surface area contributed by atoms with Crippen LogP contribution in [0.1, 0.15) is 11.8 Å². The lowest BCUT2D eigenvalue weighted by Crippen LogP contribution is -1.97. The van der Waals surface area contributed by atoms with Gasteiger partial charge in [0.15, 0.2) is 0 Å². The molecule has 0 saturated heterocycles. The molecule has 2 rings (SSSR count). The monoisotopic (exact) mass is 196 g/mol. The van der Waals surface area contributed by atoms with Crippen molar-refractivity contribution >= 4 is 17.4 Å². The number of hydrogen-bond donors (Lipinski definition) is 0. The number of ether oxygens (including phenoxy) is 1. The van der Waals surface area contributed by atoms with Crippen LogP contribution in [0, 0.1) is 5.82 Å². The molecule has 1 heterocycles. The normalized spacial score (nSPS) is 20.4. The largest absolute Gasteiger partial charge is 0.436 e. The van der Waals surface area contributed by atoms with Crippen molar-refractivity contribution in [1.82, 2.24) is 0 Å². The maximum atomic E-state index is 12.5. The van der Waals surface area contributed by atoms with E-state index in [2.05, 4.69) is 22.4 Å². The second-order valence-electron chi connectivity index (χ2n) is 2.50. The van der Waals surface area contributed by atoms with E-state index < -0.39 is 6.23 Å². The van der Waals surface area contributed by atoms with Crippen LogP contribution in [-0.4, -0.2) is 5.17 Å². The van der Waals surface area contributed by atoms with Crippen LogP contribution in [-0.2, 0) is 4.74 Å². The minimum atomic E-state index is -0.506. The number of thiocarbonyl (C=S) groups is 1. The molecular weight excluding hydrogens is 191 g/mol. The summed E-state index contributed by atoms with van der Waals surface area (Å²) in [5.74, 6) is -0.290. The molecule has 1 aromatic rings. The molecule has 13 heavy (non-hydrogen) atoms. The van der Waals surface area contributed by atoms with E-state index in [1.807, 2.05) is 0 Å². The van der Waals surface area contributed by atoms with Crippen molar-refractivity contribution in [3.63, 3.8) is 0 Å². The number of hydrogen-bond acceptors (Lipinski definition) is 3. The average Bonchev–Trinajstić information content (AvgIpc) is 2.53. The smallest absolute Gasteiger partial charge is 0.304 e. The van der Waals surface area contributed by atoms with E-state index in [0.717, 1.165) is 5.56 Å². The fourth-order valence-corrected chi connectivity index (χ4v) is 1.14. The van der Waals surface area contributed by atoms with Crippen LogP contribution in [0.2, 0.25) is 0 Å². The Kier molecular flexibility index (Phi) is 2.02. The Morgan fingerprint density at radius 1 is 1.31 bits per heavy atom. The first kappa shape index (κ1) is 8.25. The topological polar surface area (TPSA) is 34.0 Å². The average molecular weight is 196 g/mol. The Morgan fingerprint density at radius 3 is 2.54 bits per heavy atom. The molecule has 3 nitrogen and oxygen atoms in total. The zero-order valence-corrected chi connectivity index (χ0v) is 7.29. The summed E-state index contributed by atoms with van der Waals surface area (Å²) in [6, 6.07) is 5.87. The van der Waals surface area contributed by atoms with E-state index in [-0.39, 0.29) is 11.0 Å². The Bertz CT molecular complexity index is 363. The lowest BCUT2D eigenvalue weighted by atomic mass is 10.2.